The molecule has 0 saturated carbocycles. The Labute approximate surface area is 126 Å². The molecular formula is C16H16F3NO2. The molecule has 3 nitrogen and oxygen atoms in total. The molecule has 0 saturated heterocycles. The van der Waals surface area contributed by atoms with Gasteiger partial charge in [0.05, 0.1) is 6.61 Å². The summed E-state index contributed by atoms with van der Waals surface area (Å²) in [6.07, 6.45) is -3.96. The Hall–Kier alpha value is -2.21. The van der Waals surface area contributed by atoms with Gasteiger partial charge in [-0.3, -0.25) is 0 Å². The fourth-order valence-electron chi connectivity index (χ4n) is 1.93. The number of hydrogen-bond donors (Lipinski definition) is 1. The highest BCUT2D eigenvalue weighted by atomic mass is 19.4. The minimum Gasteiger partial charge on any atom is -0.493 e. The summed E-state index contributed by atoms with van der Waals surface area (Å²) >= 11 is 0. The average molecular weight is 311 g/mol. The highest BCUT2D eigenvalue weighted by molar-refractivity contribution is 5.70. The van der Waals surface area contributed by atoms with Crippen molar-refractivity contribution in [3.63, 3.8) is 0 Å². The molecule has 2 rings (SSSR count). The van der Waals surface area contributed by atoms with Crippen LogP contribution in [-0.4, -0.2) is 19.5 Å². The molecular weight excluding hydrogens is 295 g/mol. The molecule has 22 heavy (non-hydrogen) atoms. The maximum Gasteiger partial charge on any atom is 0.573 e. The SMILES string of the molecule is NCCCOc1ccccc1-c1ccc(OC(F)(F)F)cc1. The lowest BCUT2D eigenvalue weighted by atomic mass is 10.0. The first kappa shape index (κ1) is 16.2. The molecule has 2 aromatic carbocycles. The van der Waals surface area contributed by atoms with Crippen LogP contribution in [0.2, 0.25) is 0 Å². The third kappa shape index (κ3) is 4.66. The van der Waals surface area contributed by atoms with Crippen LogP contribution < -0.4 is 15.2 Å². The van der Waals surface area contributed by atoms with Gasteiger partial charge in [-0.15, -0.1) is 13.2 Å². The lowest BCUT2D eigenvalue weighted by molar-refractivity contribution is -0.274. The van der Waals surface area contributed by atoms with E-state index in [0.717, 1.165) is 17.5 Å². The molecule has 6 heteroatoms. The highest BCUT2D eigenvalue weighted by Gasteiger charge is 2.30. The zero-order chi connectivity index (χ0) is 16.0. The maximum atomic E-state index is 12.1. The van der Waals surface area contributed by atoms with Crippen LogP contribution in [0.15, 0.2) is 48.5 Å². The van der Waals surface area contributed by atoms with E-state index in [4.69, 9.17) is 10.5 Å². The van der Waals surface area contributed by atoms with Gasteiger partial charge < -0.3 is 15.2 Å². The van der Waals surface area contributed by atoms with Crippen LogP contribution in [0.1, 0.15) is 6.42 Å². The van der Waals surface area contributed by atoms with Crippen molar-refractivity contribution in [2.45, 2.75) is 12.8 Å². The van der Waals surface area contributed by atoms with Crippen molar-refractivity contribution in [3.05, 3.63) is 48.5 Å². The van der Waals surface area contributed by atoms with E-state index in [1.807, 2.05) is 24.3 Å². The smallest absolute Gasteiger partial charge is 0.493 e. The Morgan fingerprint density at radius 2 is 1.64 bits per heavy atom. The number of hydrogen-bond acceptors (Lipinski definition) is 3. The number of para-hydroxylation sites is 1. The minimum atomic E-state index is -4.69. The van der Waals surface area contributed by atoms with E-state index in [1.54, 1.807) is 12.1 Å². The van der Waals surface area contributed by atoms with E-state index < -0.39 is 6.36 Å². The van der Waals surface area contributed by atoms with Gasteiger partial charge in [-0.25, -0.2) is 0 Å². The van der Waals surface area contributed by atoms with Crippen molar-refractivity contribution in [3.8, 4) is 22.6 Å². The van der Waals surface area contributed by atoms with E-state index in [0.29, 0.717) is 18.9 Å². The molecule has 2 aromatic rings. The maximum absolute atomic E-state index is 12.1. The fraction of sp³-hybridized carbons (Fsp3) is 0.250. The van der Waals surface area contributed by atoms with Gasteiger partial charge in [-0.05, 0) is 36.7 Å². The predicted octanol–water partition coefficient (Wildman–Crippen LogP) is 3.98. The lowest BCUT2D eigenvalue weighted by Crippen LogP contribution is -2.16. The van der Waals surface area contributed by atoms with Gasteiger partial charge in [0.1, 0.15) is 11.5 Å². The first-order chi connectivity index (χ1) is 10.5. The molecule has 0 unspecified atom stereocenters. The Morgan fingerprint density at radius 3 is 2.27 bits per heavy atom. The Balaban J connectivity index is 2.17. The minimum absolute atomic E-state index is 0.252. The molecule has 0 heterocycles. The Bertz CT molecular complexity index is 597. The number of halogens is 3. The van der Waals surface area contributed by atoms with E-state index in [2.05, 4.69) is 4.74 Å². The first-order valence-electron chi connectivity index (χ1n) is 6.77. The normalized spacial score (nSPS) is 11.3. The molecule has 0 spiro atoms. The second kappa shape index (κ2) is 7.17. The van der Waals surface area contributed by atoms with Gasteiger partial charge in [0.2, 0.25) is 0 Å². The monoisotopic (exact) mass is 311 g/mol. The van der Waals surface area contributed by atoms with Crippen molar-refractivity contribution in [2.24, 2.45) is 5.73 Å². The van der Waals surface area contributed by atoms with Crippen molar-refractivity contribution in [1.29, 1.82) is 0 Å². The summed E-state index contributed by atoms with van der Waals surface area (Å²) < 4.78 is 46.0. The summed E-state index contributed by atoms with van der Waals surface area (Å²) in [5.41, 5.74) is 6.97. The van der Waals surface area contributed by atoms with Gasteiger partial charge in [0.25, 0.3) is 0 Å². The molecule has 0 aliphatic heterocycles. The number of ether oxygens (including phenoxy) is 2. The van der Waals surface area contributed by atoms with Crippen LogP contribution in [0.3, 0.4) is 0 Å². The summed E-state index contributed by atoms with van der Waals surface area (Å²) in [5, 5.41) is 0. The summed E-state index contributed by atoms with van der Waals surface area (Å²) in [6, 6.07) is 13.0. The fourth-order valence-corrected chi connectivity index (χ4v) is 1.93. The average Bonchev–Trinajstić information content (AvgIpc) is 2.47. The van der Waals surface area contributed by atoms with Crippen molar-refractivity contribution in [1.82, 2.24) is 0 Å². The third-order valence-electron chi connectivity index (χ3n) is 2.89. The zero-order valence-corrected chi connectivity index (χ0v) is 11.8. The van der Waals surface area contributed by atoms with E-state index >= 15 is 0 Å². The van der Waals surface area contributed by atoms with Crippen LogP contribution in [-0.2, 0) is 0 Å². The van der Waals surface area contributed by atoms with Gasteiger partial charge in [0.15, 0.2) is 0 Å². The zero-order valence-electron chi connectivity index (χ0n) is 11.8. The van der Waals surface area contributed by atoms with E-state index in [-0.39, 0.29) is 5.75 Å². The summed E-state index contributed by atoms with van der Waals surface area (Å²) in [6.45, 7) is 1.02. The Morgan fingerprint density at radius 1 is 0.955 bits per heavy atom. The molecule has 0 aliphatic carbocycles. The molecule has 0 atom stereocenters. The van der Waals surface area contributed by atoms with Crippen molar-refractivity contribution < 1.29 is 22.6 Å². The second-order valence-corrected chi connectivity index (χ2v) is 4.56. The highest BCUT2D eigenvalue weighted by Crippen LogP contribution is 2.32. The topological polar surface area (TPSA) is 44.5 Å². The summed E-state index contributed by atoms with van der Waals surface area (Å²) in [4.78, 5) is 0. The Kier molecular flexibility index (Phi) is 5.27. The van der Waals surface area contributed by atoms with Gasteiger partial charge in [-0.2, -0.15) is 0 Å². The number of alkyl halides is 3. The van der Waals surface area contributed by atoms with Gasteiger partial charge >= 0.3 is 6.36 Å². The predicted molar refractivity (Wildman–Crippen MR) is 77.7 cm³/mol. The van der Waals surface area contributed by atoms with E-state index in [9.17, 15) is 13.2 Å². The first-order valence-corrected chi connectivity index (χ1v) is 6.77. The van der Waals surface area contributed by atoms with Crippen LogP contribution in [0.25, 0.3) is 11.1 Å². The van der Waals surface area contributed by atoms with Crippen molar-refractivity contribution in [2.75, 3.05) is 13.2 Å². The number of rotatable bonds is 6. The lowest BCUT2D eigenvalue weighted by Gasteiger charge is -2.12. The molecule has 0 aromatic heterocycles. The molecule has 0 amide bonds. The van der Waals surface area contributed by atoms with Gasteiger partial charge in [-0.1, -0.05) is 30.3 Å². The quantitative estimate of drug-likeness (QED) is 0.821. The molecule has 0 bridgehead atoms. The van der Waals surface area contributed by atoms with Gasteiger partial charge in [0, 0.05) is 5.56 Å². The molecule has 0 aliphatic rings. The molecule has 2 N–H and O–H groups in total. The van der Waals surface area contributed by atoms with Crippen LogP contribution in [0.4, 0.5) is 13.2 Å². The van der Waals surface area contributed by atoms with Crippen LogP contribution in [0, 0.1) is 0 Å². The summed E-state index contributed by atoms with van der Waals surface area (Å²) in [5.74, 6) is 0.415. The second-order valence-electron chi connectivity index (χ2n) is 4.56. The number of benzene rings is 2. The van der Waals surface area contributed by atoms with Crippen LogP contribution >= 0.6 is 0 Å². The standard InChI is InChI=1S/C16H16F3NO2/c17-16(18,19)22-13-8-6-12(7-9-13)14-4-1-2-5-15(14)21-11-3-10-20/h1-2,4-9H,3,10-11,20H2. The van der Waals surface area contributed by atoms with Crippen molar-refractivity contribution >= 4 is 0 Å². The molecule has 0 radical (unpaired) electrons. The largest absolute Gasteiger partial charge is 0.573 e. The van der Waals surface area contributed by atoms with E-state index in [1.165, 1.54) is 12.1 Å². The molecule has 118 valence electrons. The summed E-state index contributed by atoms with van der Waals surface area (Å²) in [7, 11) is 0. The van der Waals surface area contributed by atoms with Crippen LogP contribution in [0.5, 0.6) is 11.5 Å². The molecule has 0 fully saturated rings. The number of nitrogens with two attached hydrogens (primary N) is 1. The third-order valence-corrected chi connectivity index (χ3v) is 2.89.